The SMILES string of the molecule is O=C(O)CCCCCCCCSc1cccc2c1C(=O)N(C1CCC(=O)NC1=O)C2=O. The highest BCUT2D eigenvalue weighted by atomic mass is 32.2. The van der Waals surface area contributed by atoms with Gasteiger partial charge in [0, 0.05) is 17.7 Å². The maximum atomic E-state index is 13.0. The van der Waals surface area contributed by atoms with E-state index in [1.54, 1.807) is 12.1 Å². The number of carbonyl (C=O) groups excluding carboxylic acids is 4. The van der Waals surface area contributed by atoms with Gasteiger partial charge in [-0.15, -0.1) is 11.8 Å². The molecule has 8 nitrogen and oxygen atoms in total. The number of benzene rings is 1. The topological polar surface area (TPSA) is 121 Å². The Morgan fingerprint density at radius 2 is 1.74 bits per heavy atom. The lowest BCUT2D eigenvalue weighted by Crippen LogP contribution is -2.54. The summed E-state index contributed by atoms with van der Waals surface area (Å²) in [7, 11) is 0. The van der Waals surface area contributed by atoms with E-state index < -0.39 is 35.6 Å². The monoisotopic (exact) mass is 446 g/mol. The number of aliphatic carboxylic acids is 1. The van der Waals surface area contributed by atoms with E-state index in [-0.39, 0.29) is 19.3 Å². The van der Waals surface area contributed by atoms with Gasteiger partial charge in [-0.1, -0.05) is 31.7 Å². The largest absolute Gasteiger partial charge is 0.481 e. The standard InChI is InChI=1S/C22H26N2O6S/c25-17-12-11-15(20(28)23-17)24-21(29)14-8-7-9-16(19(14)22(24)30)31-13-6-4-2-1-3-5-10-18(26)27/h7-9,15H,1-6,10-13H2,(H,26,27)(H,23,25,28). The van der Waals surface area contributed by atoms with Crippen molar-refractivity contribution >= 4 is 41.4 Å². The normalized spacial score (nSPS) is 18.3. The highest BCUT2D eigenvalue weighted by Gasteiger charge is 2.45. The zero-order valence-electron chi connectivity index (χ0n) is 17.2. The molecule has 9 heteroatoms. The summed E-state index contributed by atoms with van der Waals surface area (Å²) < 4.78 is 0. The van der Waals surface area contributed by atoms with Gasteiger partial charge in [0.25, 0.3) is 11.8 Å². The lowest BCUT2D eigenvalue weighted by molar-refractivity contribution is -0.138. The Morgan fingerprint density at radius 3 is 2.45 bits per heavy atom. The molecule has 0 aliphatic carbocycles. The number of nitrogens with zero attached hydrogens (tertiary/aromatic N) is 1. The van der Waals surface area contributed by atoms with E-state index in [0.717, 1.165) is 47.7 Å². The molecule has 2 heterocycles. The number of hydrogen-bond donors (Lipinski definition) is 2. The molecule has 0 radical (unpaired) electrons. The molecular weight excluding hydrogens is 420 g/mol. The van der Waals surface area contributed by atoms with Crippen LogP contribution in [0.5, 0.6) is 0 Å². The number of carboxylic acid groups (broad SMARTS) is 1. The molecule has 1 atom stereocenters. The molecule has 31 heavy (non-hydrogen) atoms. The minimum atomic E-state index is -0.955. The Kier molecular flexibility index (Phi) is 7.84. The van der Waals surface area contributed by atoms with Crippen LogP contribution in [0.15, 0.2) is 23.1 Å². The van der Waals surface area contributed by atoms with Gasteiger partial charge < -0.3 is 5.11 Å². The number of rotatable bonds is 11. The van der Waals surface area contributed by atoms with Crippen molar-refractivity contribution < 1.29 is 29.1 Å². The van der Waals surface area contributed by atoms with Crippen molar-refractivity contribution in [1.82, 2.24) is 10.2 Å². The molecule has 0 spiro atoms. The second-order valence-electron chi connectivity index (χ2n) is 7.74. The van der Waals surface area contributed by atoms with Gasteiger partial charge >= 0.3 is 5.97 Å². The smallest absolute Gasteiger partial charge is 0.303 e. The minimum Gasteiger partial charge on any atom is -0.481 e. The van der Waals surface area contributed by atoms with Crippen LogP contribution in [0.3, 0.4) is 0 Å². The van der Waals surface area contributed by atoms with Crippen LogP contribution in [0.2, 0.25) is 0 Å². The molecule has 2 aliphatic rings. The number of hydrogen-bond acceptors (Lipinski definition) is 6. The summed E-state index contributed by atoms with van der Waals surface area (Å²) in [6, 6.07) is 4.20. The highest BCUT2D eigenvalue weighted by molar-refractivity contribution is 7.99. The average Bonchev–Trinajstić information content (AvgIpc) is 2.98. The molecule has 166 valence electrons. The third-order valence-electron chi connectivity index (χ3n) is 5.47. The van der Waals surface area contributed by atoms with Crippen LogP contribution < -0.4 is 5.32 Å². The molecule has 3 rings (SSSR count). The van der Waals surface area contributed by atoms with Crippen LogP contribution in [0, 0.1) is 0 Å². The number of carboxylic acids is 1. The summed E-state index contributed by atoms with van der Waals surface area (Å²) >= 11 is 1.52. The number of amides is 4. The van der Waals surface area contributed by atoms with E-state index in [1.807, 2.05) is 6.07 Å². The van der Waals surface area contributed by atoms with Crippen molar-refractivity contribution in [2.75, 3.05) is 5.75 Å². The summed E-state index contributed by atoms with van der Waals surface area (Å²) in [5.74, 6) is -1.92. The van der Waals surface area contributed by atoms with Crippen molar-refractivity contribution in [3.63, 3.8) is 0 Å². The van der Waals surface area contributed by atoms with Crippen LogP contribution >= 0.6 is 11.8 Å². The summed E-state index contributed by atoms with van der Waals surface area (Å²) in [6.45, 7) is 0. The lowest BCUT2D eigenvalue weighted by atomic mass is 10.0. The van der Waals surface area contributed by atoms with Gasteiger partial charge in [0.1, 0.15) is 6.04 Å². The maximum Gasteiger partial charge on any atom is 0.303 e. The number of carbonyl (C=O) groups is 5. The van der Waals surface area contributed by atoms with Crippen LogP contribution in [0.1, 0.15) is 78.5 Å². The van der Waals surface area contributed by atoms with E-state index in [4.69, 9.17) is 5.11 Å². The van der Waals surface area contributed by atoms with Crippen LogP contribution in [0.25, 0.3) is 0 Å². The Balaban J connectivity index is 1.53. The molecule has 1 saturated heterocycles. The molecule has 2 aliphatic heterocycles. The van der Waals surface area contributed by atoms with Crippen LogP contribution in [-0.4, -0.2) is 51.4 Å². The number of imide groups is 2. The van der Waals surface area contributed by atoms with E-state index in [0.29, 0.717) is 17.5 Å². The molecule has 0 bridgehead atoms. The molecule has 1 fully saturated rings. The Labute approximate surface area is 184 Å². The Hall–Kier alpha value is -2.68. The predicted octanol–water partition coefficient (Wildman–Crippen LogP) is 3.00. The number of piperidine rings is 1. The number of nitrogens with one attached hydrogen (secondary N) is 1. The fraction of sp³-hybridized carbons (Fsp3) is 0.500. The van der Waals surface area contributed by atoms with E-state index in [2.05, 4.69) is 5.32 Å². The van der Waals surface area contributed by atoms with E-state index >= 15 is 0 Å². The van der Waals surface area contributed by atoms with Gasteiger partial charge in [-0.05, 0) is 37.1 Å². The second-order valence-corrected chi connectivity index (χ2v) is 8.88. The Bertz CT molecular complexity index is 900. The van der Waals surface area contributed by atoms with Gasteiger partial charge in [-0.3, -0.25) is 34.2 Å². The molecule has 2 N–H and O–H groups in total. The zero-order valence-corrected chi connectivity index (χ0v) is 18.0. The first-order valence-corrected chi connectivity index (χ1v) is 11.6. The average molecular weight is 447 g/mol. The molecule has 0 aromatic heterocycles. The molecule has 4 amide bonds. The number of unbranched alkanes of at least 4 members (excludes halogenated alkanes) is 5. The third-order valence-corrected chi connectivity index (χ3v) is 6.62. The fourth-order valence-electron chi connectivity index (χ4n) is 3.87. The predicted molar refractivity (Wildman–Crippen MR) is 114 cm³/mol. The summed E-state index contributed by atoms with van der Waals surface area (Å²) in [5.41, 5.74) is 0.647. The quantitative estimate of drug-likeness (QED) is 0.304. The van der Waals surface area contributed by atoms with Gasteiger partial charge in [-0.25, -0.2) is 0 Å². The highest BCUT2D eigenvalue weighted by Crippen LogP contribution is 2.34. The van der Waals surface area contributed by atoms with Gasteiger partial charge in [0.15, 0.2) is 0 Å². The molecule has 1 aromatic rings. The minimum absolute atomic E-state index is 0.0989. The van der Waals surface area contributed by atoms with Crippen molar-refractivity contribution in [2.45, 2.75) is 68.7 Å². The van der Waals surface area contributed by atoms with E-state index in [9.17, 15) is 24.0 Å². The van der Waals surface area contributed by atoms with Crippen molar-refractivity contribution in [1.29, 1.82) is 0 Å². The second kappa shape index (κ2) is 10.6. The summed E-state index contributed by atoms with van der Waals surface area (Å²) in [5, 5.41) is 10.8. The molecular formula is C22H26N2O6S. The van der Waals surface area contributed by atoms with Crippen LogP contribution in [-0.2, 0) is 14.4 Å². The lowest BCUT2D eigenvalue weighted by Gasteiger charge is -2.27. The fourth-order valence-corrected chi connectivity index (χ4v) is 4.96. The van der Waals surface area contributed by atoms with Crippen molar-refractivity contribution in [3.8, 4) is 0 Å². The first-order chi connectivity index (χ1) is 14.9. The maximum absolute atomic E-state index is 13.0. The van der Waals surface area contributed by atoms with E-state index in [1.165, 1.54) is 11.8 Å². The Morgan fingerprint density at radius 1 is 1.03 bits per heavy atom. The number of thioether (sulfide) groups is 1. The summed E-state index contributed by atoms with van der Waals surface area (Å²) in [6.07, 6.45) is 6.10. The molecule has 0 saturated carbocycles. The first-order valence-electron chi connectivity index (χ1n) is 10.6. The third kappa shape index (κ3) is 5.52. The summed E-state index contributed by atoms with van der Waals surface area (Å²) in [4.78, 5) is 61.6. The number of fused-ring (bicyclic) bond motifs is 1. The molecule has 1 aromatic carbocycles. The van der Waals surface area contributed by atoms with Crippen LogP contribution in [0.4, 0.5) is 0 Å². The molecule has 1 unspecified atom stereocenters. The van der Waals surface area contributed by atoms with Gasteiger partial charge in [0.2, 0.25) is 11.8 Å². The van der Waals surface area contributed by atoms with Crippen molar-refractivity contribution in [2.24, 2.45) is 0 Å². The zero-order chi connectivity index (χ0) is 22.4. The van der Waals surface area contributed by atoms with Gasteiger partial charge in [-0.2, -0.15) is 0 Å². The van der Waals surface area contributed by atoms with Crippen molar-refractivity contribution in [3.05, 3.63) is 29.3 Å². The van der Waals surface area contributed by atoms with Gasteiger partial charge in [0.05, 0.1) is 11.1 Å². The first kappa shape index (κ1) is 23.0.